The van der Waals surface area contributed by atoms with Crippen LogP contribution in [0.1, 0.15) is 0 Å². The molecule has 1 aliphatic rings. The van der Waals surface area contributed by atoms with Crippen molar-refractivity contribution in [1.82, 2.24) is 0 Å². The third-order valence-electron chi connectivity index (χ3n) is 2.00. The van der Waals surface area contributed by atoms with Gasteiger partial charge in [0.2, 0.25) is 0 Å². The van der Waals surface area contributed by atoms with Gasteiger partial charge in [-0.1, -0.05) is 0 Å². The molecule has 1 fully saturated rings. The molecular weight excluding hydrogens is 182 g/mol. The summed E-state index contributed by atoms with van der Waals surface area (Å²) in [4.78, 5) is 0. The monoisotopic (exact) mass is 195 g/mol. The molecule has 0 amide bonds. The van der Waals surface area contributed by atoms with Crippen LogP contribution in [0.5, 0.6) is 0 Å². The molecule has 1 rings (SSSR count). The second-order valence-corrected chi connectivity index (χ2v) is 3.02. The van der Waals surface area contributed by atoms with Crippen molar-refractivity contribution in [1.29, 1.82) is 0 Å². The quantitative estimate of drug-likeness (QED) is 0.235. The highest BCUT2D eigenvalue weighted by atomic mass is 16.7. The molecule has 0 radical (unpaired) electrons. The Morgan fingerprint density at radius 3 is 2.23 bits per heavy atom. The Kier molecular flexibility index (Phi) is 2.88. The minimum Gasteiger partial charge on any atom is -0.394 e. The normalized spacial score (nSPS) is 52.2. The Balaban J connectivity index is 2.79. The number of aliphatic hydroxyl groups excluding tert-OH is 4. The van der Waals surface area contributed by atoms with Gasteiger partial charge in [-0.2, -0.15) is 0 Å². The lowest BCUT2D eigenvalue weighted by Crippen LogP contribution is -2.69. The van der Waals surface area contributed by atoms with Crippen molar-refractivity contribution in [2.75, 3.05) is 6.61 Å². The van der Waals surface area contributed by atoms with E-state index in [2.05, 4.69) is 4.74 Å². The van der Waals surface area contributed by atoms with Crippen molar-refractivity contribution < 1.29 is 30.3 Å². The predicted octanol–water partition coefficient (Wildman–Crippen LogP) is -3.94. The summed E-state index contributed by atoms with van der Waals surface area (Å²) >= 11 is 0. The average molecular weight is 195 g/mol. The molecule has 0 bridgehead atoms. The highest BCUT2D eigenvalue weighted by molar-refractivity contribution is 4.92. The summed E-state index contributed by atoms with van der Waals surface area (Å²) in [5.74, 6) is -2.45. The van der Waals surface area contributed by atoms with Gasteiger partial charge in [0.1, 0.15) is 18.3 Å². The molecule has 0 aliphatic carbocycles. The van der Waals surface area contributed by atoms with Gasteiger partial charge in [-0.15, -0.1) is 0 Å². The lowest BCUT2D eigenvalue weighted by Gasteiger charge is -2.42. The van der Waals surface area contributed by atoms with E-state index in [4.69, 9.17) is 26.2 Å². The Hall–Kier alpha value is -0.280. The number of ether oxygens (including phenoxy) is 1. The van der Waals surface area contributed by atoms with E-state index in [0.717, 1.165) is 0 Å². The first kappa shape index (κ1) is 10.8. The molecule has 0 saturated carbocycles. The second kappa shape index (κ2) is 3.46. The lowest BCUT2D eigenvalue weighted by molar-refractivity contribution is -0.346. The zero-order chi connectivity index (χ0) is 10.2. The van der Waals surface area contributed by atoms with Crippen LogP contribution in [-0.4, -0.2) is 62.5 Å². The molecule has 5 atom stereocenters. The average Bonchev–Trinajstić information content (AvgIpc) is 2.08. The summed E-state index contributed by atoms with van der Waals surface area (Å²) in [6, 6.07) is 0. The first-order valence-corrected chi connectivity index (χ1v) is 3.74. The Morgan fingerprint density at radius 1 is 1.23 bits per heavy atom. The maximum atomic E-state index is 9.18. The summed E-state index contributed by atoms with van der Waals surface area (Å²) in [6.07, 6.45) is -6.16. The Bertz CT molecular complexity index is 184. The van der Waals surface area contributed by atoms with E-state index >= 15 is 0 Å². The Labute approximate surface area is 74.0 Å². The van der Waals surface area contributed by atoms with E-state index in [1.54, 1.807) is 0 Å². The smallest absolute Gasteiger partial charge is 0.252 e. The minimum atomic E-state index is -2.45. The fraction of sp³-hybridized carbons (Fsp3) is 1.00. The molecular formula is C6H13NO6. The largest absolute Gasteiger partial charge is 0.394 e. The second-order valence-electron chi connectivity index (χ2n) is 3.02. The van der Waals surface area contributed by atoms with Gasteiger partial charge in [-0.25, -0.2) is 0 Å². The molecule has 1 saturated heterocycles. The predicted molar refractivity (Wildman–Crippen MR) is 39.1 cm³/mol. The zero-order valence-corrected chi connectivity index (χ0v) is 6.74. The minimum absolute atomic E-state index is 0.621. The first-order valence-electron chi connectivity index (χ1n) is 3.74. The number of rotatable bonds is 1. The van der Waals surface area contributed by atoms with Crippen LogP contribution in [-0.2, 0) is 4.74 Å². The number of aliphatic hydroxyl groups is 5. The van der Waals surface area contributed by atoms with Gasteiger partial charge in [-0.05, 0) is 0 Å². The maximum Gasteiger partial charge on any atom is 0.252 e. The summed E-state index contributed by atoms with van der Waals surface area (Å²) in [5, 5.41) is 45.2. The fourth-order valence-electron chi connectivity index (χ4n) is 1.18. The van der Waals surface area contributed by atoms with Gasteiger partial charge >= 0.3 is 0 Å². The van der Waals surface area contributed by atoms with E-state index in [-0.39, 0.29) is 0 Å². The molecule has 1 heterocycles. The van der Waals surface area contributed by atoms with Crippen LogP contribution in [0.4, 0.5) is 0 Å². The molecule has 1 aliphatic heterocycles. The van der Waals surface area contributed by atoms with Crippen LogP contribution >= 0.6 is 0 Å². The molecule has 7 heteroatoms. The van der Waals surface area contributed by atoms with Gasteiger partial charge < -0.3 is 30.3 Å². The van der Waals surface area contributed by atoms with Crippen molar-refractivity contribution >= 4 is 0 Å². The molecule has 13 heavy (non-hydrogen) atoms. The van der Waals surface area contributed by atoms with Crippen molar-refractivity contribution in [3.8, 4) is 0 Å². The van der Waals surface area contributed by atoms with Crippen molar-refractivity contribution in [3.05, 3.63) is 0 Å². The summed E-state index contributed by atoms with van der Waals surface area (Å²) in [7, 11) is 0. The van der Waals surface area contributed by atoms with Crippen LogP contribution in [0, 0.1) is 0 Å². The molecule has 7 nitrogen and oxygen atoms in total. The topological polar surface area (TPSA) is 136 Å². The van der Waals surface area contributed by atoms with Gasteiger partial charge in [0, 0.05) is 0 Å². The molecule has 0 unspecified atom stereocenters. The SMILES string of the molecule is N[C@]1(O)O[C@H](CO)[C@@H](O)[C@H](O)[C@@H]1O. The van der Waals surface area contributed by atoms with E-state index < -0.39 is 36.9 Å². The maximum absolute atomic E-state index is 9.18. The lowest BCUT2D eigenvalue weighted by atomic mass is 9.97. The molecule has 78 valence electrons. The standard InChI is InChI=1S/C6H13NO6/c7-6(12)5(11)4(10)3(9)2(1-8)13-6/h2-5,8-12H,1,7H2/t2-,3-,4+,5+,6-/m1/s1. The molecule has 0 aromatic rings. The highest BCUT2D eigenvalue weighted by Crippen LogP contribution is 2.23. The van der Waals surface area contributed by atoms with Gasteiger partial charge in [0.05, 0.1) is 6.61 Å². The van der Waals surface area contributed by atoms with Crippen LogP contribution in [0.15, 0.2) is 0 Å². The highest BCUT2D eigenvalue weighted by Gasteiger charge is 2.50. The molecule has 0 aromatic heterocycles. The van der Waals surface area contributed by atoms with Crippen LogP contribution < -0.4 is 5.73 Å². The number of nitrogens with two attached hydrogens (primary N) is 1. The van der Waals surface area contributed by atoms with Crippen molar-refractivity contribution in [2.45, 2.75) is 30.3 Å². The Morgan fingerprint density at radius 2 is 1.77 bits per heavy atom. The van der Waals surface area contributed by atoms with E-state index in [1.165, 1.54) is 0 Å². The third kappa shape index (κ3) is 1.81. The van der Waals surface area contributed by atoms with Gasteiger partial charge in [0.25, 0.3) is 5.91 Å². The van der Waals surface area contributed by atoms with Crippen molar-refractivity contribution in [3.63, 3.8) is 0 Å². The molecule has 7 N–H and O–H groups in total. The first-order chi connectivity index (χ1) is 5.90. The van der Waals surface area contributed by atoms with Crippen LogP contribution in [0.3, 0.4) is 0 Å². The number of hydrogen-bond donors (Lipinski definition) is 6. The van der Waals surface area contributed by atoms with Crippen LogP contribution in [0.25, 0.3) is 0 Å². The third-order valence-corrected chi connectivity index (χ3v) is 2.00. The summed E-state index contributed by atoms with van der Waals surface area (Å²) < 4.78 is 4.54. The van der Waals surface area contributed by atoms with Gasteiger partial charge in [-0.3, -0.25) is 5.73 Å². The van der Waals surface area contributed by atoms with E-state index in [9.17, 15) is 5.11 Å². The van der Waals surface area contributed by atoms with Crippen molar-refractivity contribution in [2.24, 2.45) is 5.73 Å². The summed E-state index contributed by atoms with van der Waals surface area (Å²) in [6.45, 7) is -0.621. The number of hydrogen-bond acceptors (Lipinski definition) is 7. The van der Waals surface area contributed by atoms with Crippen LogP contribution in [0.2, 0.25) is 0 Å². The van der Waals surface area contributed by atoms with E-state index in [0.29, 0.717) is 0 Å². The van der Waals surface area contributed by atoms with Gasteiger partial charge in [0.15, 0.2) is 6.10 Å². The zero-order valence-electron chi connectivity index (χ0n) is 6.74. The fourth-order valence-corrected chi connectivity index (χ4v) is 1.18. The summed E-state index contributed by atoms with van der Waals surface area (Å²) in [5.41, 5.74) is 5.04. The van der Waals surface area contributed by atoms with E-state index in [1.807, 2.05) is 0 Å². The molecule has 0 aromatic carbocycles. The molecule has 0 spiro atoms.